The molecule has 0 aromatic rings. The van der Waals surface area contributed by atoms with Gasteiger partial charge in [-0.1, -0.05) is 45.3 Å². The molecule has 120 valence electrons. The molecular formula is C19H30F2. The smallest absolute Gasteiger partial charge is 0.155 e. The maximum absolute atomic E-state index is 13.4. The number of alkyl halides is 1. The Hall–Kier alpha value is -0.660. The van der Waals surface area contributed by atoms with E-state index in [4.69, 9.17) is 0 Å². The Labute approximate surface area is 128 Å². The van der Waals surface area contributed by atoms with Crippen LogP contribution in [0.25, 0.3) is 0 Å². The van der Waals surface area contributed by atoms with Gasteiger partial charge in [0.15, 0.2) is 6.17 Å². The van der Waals surface area contributed by atoms with Crippen molar-refractivity contribution in [3.63, 3.8) is 0 Å². The number of hydrogen-bond donors (Lipinski definition) is 0. The van der Waals surface area contributed by atoms with Crippen LogP contribution in [0.1, 0.15) is 65.7 Å². The third kappa shape index (κ3) is 4.66. The summed E-state index contributed by atoms with van der Waals surface area (Å²) in [6.45, 7) is 6.89. The molecule has 3 unspecified atom stereocenters. The molecule has 0 bridgehead atoms. The molecule has 0 aromatic carbocycles. The van der Waals surface area contributed by atoms with Crippen molar-refractivity contribution in [3.05, 3.63) is 23.6 Å². The van der Waals surface area contributed by atoms with Crippen LogP contribution in [0.3, 0.4) is 0 Å². The Morgan fingerprint density at radius 3 is 2.38 bits per heavy atom. The summed E-state index contributed by atoms with van der Waals surface area (Å²) in [6.07, 6.45) is 9.76. The van der Waals surface area contributed by atoms with Crippen LogP contribution in [0.2, 0.25) is 0 Å². The molecule has 0 aromatic heterocycles. The van der Waals surface area contributed by atoms with Gasteiger partial charge in [0.05, 0.1) is 0 Å². The molecule has 1 fully saturated rings. The number of allylic oxidation sites excluding steroid dienone is 4. The van der Waals surface area contributed by atoms with Gasteiger partial charge in [0.25, 0.3) is 0 Å². The average Bonchev–Trinajstić information content (AvgIpc) is 2.48. The lowest BCUT2D eigenvalue weighted by Crippen LogP contribution is -2.20. The zero-order valence-electron chi connectivity index (χ0n) is 13.7. The molecule has 0 heterocycles. The van der Waals surface area contributed by atoms with E-state index in [9.17, 15) is 8.78 Å². The first-order valence-electron chi connectivity index (χ1n) is 8.67. The highest BCUT2D eigenvalue weighted by atomic mass is 19.2. The molecule has 2 rings (SSSR count). The Bertz CT molecular complexity index is 388. The van der Waals surface area contributed by atoms with Crippen molar-refractivity contribution in [3.8, 4) is 0 Å². The molecule has 2 aliphatic carbocycles. The summed E-state index contributed by atoms with van der Waals surface area (Å²) in [7, 11) is 0. The molecule has 0 saturated heterocycles. The molecule has 2 heteroatoms. The fourth-order valence-electron chi connectivity index (χ4n) is 3.82. The maximum atomic E-state index is 13.4. The molecule has 1 saturated carbocycles. The van der Waals surface area contributed by atoms with Crippen LogP contribution in [0.5, 0.6) is 0 Å². The SMILES string of the molecule is CC1CCC(C(C)CCC(C)C2=CC=C(F)C(F)C2)CC1. The van der Waals surface area contributed by atoms with Crippen LogP contribution in [0.15, 0.2) is 23.6 Å². The molecule has 3 atom stereocenters. The number of hydrogen-bond acceptors (Lipinski definition) is 0. The van der Waals surface area contributed by atoms with Crippen LogP contribution in [0, 0.1) is 23.7 Å². The van der Waals surface area contributed by atoms with Gasteiger partial charge < -0.3 is 0 Å². The summed E-state index contributed by atoms with van der Waals surface area (Å²) in [5.74, 6) is 2.30. The lowest BCUT2D eigenvalue weighted by molar-refractivity contribution is 0.209. The van der Waals surface area contributed by atoms with E-state index in [1.165, 1.54) is 38.2 Å². The minimum Gasteiger partial charge on any atom is -0.239 e. The van der Waals surface area contributed by atoms with Gasteiger partial charge >= 0.3 is 0 Å². The van der Waals surface area contributed by atoms with Gasteiger partial charge in [0.2, 0.25) is 0 Å². The third-order valence-electron chi connectivity index (χ3n) is 5.72. The minimum atomic E-state index is -1.41. The lowest BCUT2D eigenvalue weighted by Gasteiger charge is -2.31. The van der Waals surface area contributed by atoms with E-state index in [1.807, 2.05) is 0 Å². The van der Waals surface area contributed by atoms with Gasteiger partial charge in [-0.3, -0.25) is 0 Å². The predicted molar refractivity (Wildman–Crippen MR) is 85.5 cm³/mol. The zero-order chi connectivity index (χ0) is 15.4. The Morgan fingerprint density at radius 1 is 1.10 bits per heavy atom. The molecule has 0 spiro atoms. The summed E-state index contributed by atoms with van der Waals surface area (Å²) in [5, 5.41) is 0. The molecule has 0 aliphatic heterocycles. The summed E-state index contributed by atoms with van der Waals surface area (Å²) in [4.78, 5) is 0. The summed E-state index contributed by atoms with van der Waals surface area (Å²) in [5.41, 5.74) is 1.08. The molecule has 0 amide bonds. The Kier molecular flexibility index (Phi) is 6.01. The lowest BCUT2D eigenvalue weighted by atomic mass is 9.74. The molecule has 21 heavy (non-hydrogen) atoms. The summed E-state index contributed by atoms with van der Waals surface area (Å²) >= 11 is 0. The predicted octanol–water partition coefficient (Wildman–Crippen LogP) is 6.39. The van der Waals surface area contributed by atoms with Crippen molar-refractivity contribution in [2.75, 3.05) is 0 Å². The fraction of sp³-hybridized carbons (Fsp3) is 0.789. The first-order valence-corrected chi connectivity index (χ1v) is 8.67. The van der Waals surface area contributed by atoms with Crippen molar-refractivity contribution in [1.82, 2.24) is 0 Å². The highest BCUT2D eigenvalue weighted by molar-refractivity contribution is 5.25. The van der Waals surface area contributed by atoms with Gasteiger partial charge in [-0.15, -0.1) is 0 Å². The van der Waals surface area contributed by atoms with E-state index in [-0.39, 0.29) is 6.42 Å². The van der Waals surface area contributed by atoms with Crippen LogP contribution in [0.4, 0.5) is 8.78 Å². The summed E-state index contributed by atoms with van der Waals surface area (Å²) in [6, 6.07) is 0. The molecular weight excluding hydrogens is 266 g/mol. The van der Waals surface area contributed by atoms with Gasteiger partial charge in [-0.2, -0.15) is 0 Å². The number of rotatable bonds is 5. The van der Waals surface area contributed by atoms with E-state index in [2.05, 4.69) is 20.8 Å². The van der Waals surface area contributed by atoms with Crippen molar-refractivity contribution in [1.29, 1.82) is 0 Å². The van der Waals surface area contributed by atoms with Gasteiger partial charge in [0, 0.05) is 6.42 Å². The Balaban J connectivity index is 1.77. The highest BCUT2D eigenvalue weighted by Gasteiger charge is 2.25. The van der Waals surface area contributed by atoms with Crippen molar-refractivity contribution < 1.29 is 8.78 Å². The van der Waals surface area contributed by atoms with E-state index >= 15 is 0 Å². The van der Waals surface area contributed by atoms with Crippen molar-refractivity contribution in [2.45, 2.75) is 71.9 Å². The Morgan fingerprint density at radius 2 is 1.76 bits per heavy atom. The molecule has 2 aliphatic rings. The summed E-state index contributed by atoms with van der Waals surface area (Å²) < 4.78 is 26.5. The van der Waals surface area contributed by atoms with Crippen LogP contribution >= 0.6 is 0 Å². The normalized spacial score (nSPS) is 33.1. The second-order valence-electron chi connectivity index (χ2n) is 7.44. The number of halogens is 2. The van der Waals surface area contributed by atoms with Crippen LogP contribution in [-0.4, -0.2) is 6.17 Å². The van der Waals surface area contributed by atoms with E-state index < -0.39 is 12.0 Å². The topological polar surface area (TPSA) is 0 Å². The molecule has 0 radical (unpaired) electrons. The first-order chi connectivity index (χ1) is 9.97. The third-order valence-corrected chi connectivity index (χ3v) is 5.72. The standard InChI is InChI=1S/C19H30F2/c1-13-4-8-16(9-5-13)14(2)6-7-15(3)17-10-11-18(20)19(21)12-17/h10-11,13-16,19H,4-9,12H2,1-3H3. The second-order valence-corrected chi connectivity index (χ2v) is 7.44. The molecule has 0 N–H and O–H groups in total. The maximum Gasteiger partial charge on any atom is 0.155 e. The first kappa shape index (κ1) is 16.7. The quantitative estimate of drug-likeness (QED) is 0.551. The van der Waals surface area contributed by atoms with Crippen molar-refractivity contribution >= 4 is 0 Å². The van der Waals surface area contributed by atoms with Crippen LogP contribution < -0.4 is 0 Å². The van der Waals surface area contributed by atoms with Crippen LogP contribution in [-0.2, 0) is 0 Å². The largest absolute Gasteiger partial charge is 0.239 e. The molecule has 0 nitrogen and oxygen atoms in total. The van der Waals surface area contributed by atoms with E-state index in [1.54, 1.807) is 6.08 Å². The van der Waals surface area contributed by atoms with Crippen molar-refractivity contribution in [2.24, 2.45) is 23.7 Å². The highest BCUT2D eigenvalue weighted by Crippen LogP contribution is 2.36. The fourth-order valence-corrected chi connectivity index (χ4v) is 3.82. The average molecular weight is 296 g/mol. The second kappa shape index (κ2) is 7.56. The minimum absolute atomic E-state index is 0.249. The van der Waals surface area contributed by atoms with E-state index in [0.29, 0.717) is 5.92 Å². The van der Waals surface area contributed by atoms with Gasteiger partial charge in [-0.05, 0) is 55.4 Å². The van der Waals surface area contributed by atoms with Gasteiger partial charge in [-0.25, -0.2) is 8.78 Å². The zero-order valence-corrected chi connectivity index (χ0v) is 13.7. The van der Waals surface area contributed by atoms with E-state index in [0.717, 1.165) is 29.7 Å². The van der Waals surface area contributed by atoms with Gasteiger partial charge in [0.1, 0.15) is 5.83 Å². The monoisotopic (exact) mass is 296 g/mol.